The van der Waals surface area contributed by atoms with Crippen molar-refractivity contribution >= 4 is 29.9 Å². The number of carbonyl (C=O) groups is 4. The third-order valence-corrected chi connectivity index (χ3v) is 8.53. The van der Waals surface area contributed by atoms with Gasteiger partial charge in [0, 0.05) is 57.2 Å². The Morgan fingerprint density at radius 1 is 1.04 bits per heavy atom. The number of anilines is 1. The number of hydrogen-bond acceptors (Lipinski definition) is 9. The molecule has 2 N–H and O–H groups in total. The van der Waals surface area contributed by atoms with Crippen LogP contribution in [0.3, 0.4) is 0 Å². The minimum absolute atomic E-state index is 0.00635. The van der Waals surface area contributed by atoms with E-state index in [9.17, 15) is 23.6 Å². The number of unbranched alkanes of at least 4 members (excludes halogenated alkanes) is 1. The van der Waals surface area contributed by atoms with Crippen molar-refractivity contribution in [2.45, 2.75) is 45.8 Å². The standard InChI is InChI=1S/C31H39FN6O7/c1-4-5-14-44-30(41)37-12-10-36(11-13-37)29(40)25(18(2)3)35-28(39)23-15-24(34-27(33-23)19-8-6-7-9-22(19)32)38-16-20-21(17-38)26(20)45-31(42)43/h6-9,15,18,20-21,25-26H,4-5,10-14,16-17H2,1-3H3,(H,35,39)(H,42,43)/t20-,21+,25-,26-/m0/s1. The SMILES string of the molecule is CCCCOC(=O)N1CCN(C(=O)[C@@H](NC(=O)c2cc(N3C[C@@H]4[C@H](C3)[C@@H]4OC(=O)O)nc(-c3ccccc3F)n2)C(C)C)CC1. The van der Waals surface area contributed by atoms with Crippen LogP contribution in [0.4, 0.5) is 19.8 Å². The number of nitrogens with one attached hydrogen (secondary N) is 1. The first-order valence-electron chi connectivity index (χ1n) is 15.4. The number of ether oxygens (including phenoxy) is 2. The molecule has 2 saturated heterocycles. The van der Waals surface area contributed by atoms with Crippen LogP contribution in [-0.4, -0.2) is 107 Å². The van der Waals surface area contributed by atoms with Gasteiger partial charge in [-0.1, -0.05) is 39.3 Å². The molecule has 3 amide bonds. The minimum Gasteiger partial charge on any atom is -0.450 e. The van der Waals surface area contributed by atoms with Crippen LogP contribution in [0.2, 0.25) is 0 Å². The number of fused-ring (bicyclic) bond motifs is 1. The molecule has 3 aliphatic rings. The summed E-state index contributed by atoms with van der Waals surface area (Å²) in [7, 11) is 0. The molecule has 3 heterocycles. The number of piperidine rings is 1. The number of halogens is 1. The molecule has 45 heavy (non-hydrogen) atoms. The highest BCUT2D eigenvalue weighted by Gasteiger charge is 2.59. The maximum atomic E-state index is 14.8. The predicted molar refractivity (Wildman–Crippen MR) is 160 cm³/mol. The van der Waals surface area contributed by atoms with Crippen LogP contribution < -0.4 is 10.2 Å². The molecular weight excluding hydrogens is 587 g/mol. The minimum atomic E-state index is -1.31. The molecule has 1 saturated carbocycles. The second-order valence-corrected chi connectivity index (χ2v) is 12.0. The fourth-order valence-corrected chi connectivity index (χ4v) is 5.86. The fraction of sp³-hybridized carbons (Fsp3) is 0.548. The molecule has 2 aliphatic heterocycles. The largest absolute Gasteiger partial charge is 0.506 e. The van der Waals surface area contributed by atoms with E-state index >= 15 is 0 Å². The summed E-state index contributed by atoms with van der Waals surface area (Å²) in [6.45, 7) is 8.21. The number of carboxylic acid groups (broad SMARTS) is 1. The van der Waals surface area contributed by atoms with E-state index < -0.39 is 30.0 Å². The van der Waals surface area contributed by atoms with Crippen LogP contribution in [0.1, 0.15) is 44.1 Å². The Balaban J connectivity index is 1.30. The molecule has 0 spiro atoms. The Morgan fingerprint density at radius 3 is 2.33 bits per heavy atom. The molecule has 0 unspecified atom stereocenters. The first kappa shape index (κ1) is 31.9. The van der Waals surface area contributed by atoms with Crippen LogP contribution in [-0.2, 0) is 14.3 Å². The summed E-state index contributed by atoms with van der Waals surface area (Å²) < 4.78 is 25.0. The second kappa shape index (κ2) is 13.7. The van der Waals surface area contributed by atoms with Gasteiger partial charge < -0.3 is 34.6 Å². The topological polar surface area (TPSA) is 154 Å². The van der Waals surface area contributed by atoms with Gasteiger partial charge in [-0.2, -0.15) is 0 Å². The van der Waals surface area contributed by atoms with Gasteiger partial charge in [0.1, 0.15) is 29.5 Å². The van der Waals surface area contributed by atoms with Crippen molar-refractivity contribution in [1.29, 1.82) is 0 Å². The highest BCUT2D eigenvalue weighted by atomic mass is 19.1. The quantitative estimate of drug-likeness (QED) is 0.297. The number of aromatic nitrogens is 2. The van der Waals surface area contributed by atoms with E-state index in [1.165, 1.54) is 18.2 Å². The van der Waals surface area contributed by atoms with Crippen molar-refractivity contribution < 1.29 is 38.1 Å². The van der Waals surface area contributed by atoms with Crippen LogP contribution in [0.15, 0.2) is 30.3 Å². The number of amides is 3. The molecule has 0 radical (unpaired) electrons. The van der Waals surface area contributed by atoms with Crippen LogP contribution in [0.5, 0.6) is 0 Å². The van der Waals surface area contributed by atoms with Crippen molar-refractivity contribution in [2.24, 2.45) is 17.8 Å². The van der Waals surface area contributed by atoms with E-state index in [1.807, 2.05) is 25.7 Å². The average Bonchev–Trinajstić information content (AvgIpc) is 3.43. The Labute approximate surface area is 260 Å². The lowest BCUT2D eigenvalue weighted by atomic mass is 10.0. The number of carbonyl (C=O) groups excluding carboxylic acids is 3. The molecular formula is C31H39FN6O7. The van der Waals surface area contributed by atoms with Gasteiger partial charge in [-0.25, -0.2) is 23.9 Å². The van der Waals surface area contributed by atoms with Gasteiger partial charge >= 0.3 is 12.2 Å². The Morgan fingerprint density at radius 2 is 1.71 bits per heavy atom. The van der Waals surface area contributed by atoms with Gasteiger partial charge in [0.2, 0.25) is 5.91 Å². The summed E-state index contributed by atoms with van der Waals surface area (Å²) in [5.74, 6) is -1.28. The molecule has 14 heteroatoms. The van der Waals surface area contributed by atoms with Crippen molar-refractivity contribution in [3.8, 4) is 11.4 Å². The van der Waals surface area contributed by atoms with E-state index in [0.717, 1.165) is 12.8 Å². The highest BCUT2D eigenvalue weighted by Crippen LogP contribution is 2.48. The Kier molecular flexibility index (Phi) is 9.68. The fourth-order valence-electron chi connectivity index (χ4n) is 5.86. The van der Waals surface area contributed by atoms with E-state index in [4.69, 9.17) is 14.6 Å². The van der Waals surface area contributed by atoms with Crippen molar-refractivity contribution in [3.05, 3.63) is 41.8 Å². The number of hydrogen-bond donors (Lipinski definition) is 2. The lowest BCUT2D eigenvalue weighted by Gasteiger charge is -2.36. The van der Waals surface area contributed by atoms with Crippen molar-refractivity contribution in [2.75, 3.05) is 50.8 Å². The molecule has 13 nitrogen and oxygen atoms in total. The molecule has 1 aromatic carbocycles. The van der Waals surface area contributed by atoms with Crippen LogP contribution in [0, 0.1) is 23.6 Å². The Bertz CT molecular complexity index is 1420. The number of benzene rings is 1. The van der Waals surface area contributed by atoms with Gasteiger partial charge in [-0.05, 0) is 24.5 Å². The second-order valence-electron chi connectivity index (χ2n) is 12.0. The zero-order chi connectivity index (χ0) is 32.2. The van der Waals surface area contributed by atoms with Gasteiger partial charge in [0.15, 0.2) is 5.82 Å². The number of rotatable bonds is 10. The molecule has 0 bridgehead atoms. The van der Waals surface area contributed by atoms with Gasteiger partial charge in [-0.15, -0.1) is 0 Å². The van der Waals surface area contributed by atoms with E-state index in [2.05, 4.69) is 15.3 Å². The van der Waals surface area contributed by atoms with Gasteiger partial charge in [-0.3, -0.25) is 9.59 Å². The van der Waals surface area contributed by atoms with Crippen LogP contribution in [0.25, 0.3) is 11.4 Å². The summed E-state index contributed by atoms with van der Waals surface area (Å²) in [5, 5.41) is 11.8. The monoisotopic (exact) mass is 626 g/mol. The predicted octanol–water partition coefficient (Wildman–Crippen LogP) is 3.25. The number of piperazine rings is 1. The van der Waals surface area contributed by atoms with Gasteiger partial charge in [0.05, 0.1) is 12.2 Å². The van der Waals surface area contributed by atoms with Crippen LogP contribution >= 0.6 is 0 Å². The average molecular weight is 627 g/mol. The molecule has 5 rings (SSSR count). The third kappa shape index (κ3) is 7.26. The lowest BCUT2D eigenvalue weighted by molar-refractivity contribution is -0.136. The molecule has 242 valence electrons. The first-order chi connectivity index (χ1) is 21.6. The van der Waals surface area contributed by atoms with Crippen molar-refractivity contribution in [1.82, 2.24) is 25.1 Å². The molecule has 3 fully saturated rings. The van der Waals surface area contributed by atoms with Crippen molar-refractivity contribution in [3.63, 3.8) is 0 Å². The Hall–Kier alpha value is -4.49. The maximum absolute atomic E-state index is 14.8. The third-order valence-electron chi connectivity index (χ3n) is 8.53. The zero-order valence-corrected chi connectivity index (χ0v) is 25.6. The lowest BCUT2D eigenvalue weighted by Crippen LogP contribution is -2.57. The van der Waals surface area contributed by atoms with E-state index in [1.54, 1.807) is 21.9 Å². The summed E-state index contributed by atoms with van der Waals surface area (Å²) in [6, 6.07) is 6.62. The summed E-state index contributed by atoms with van der Waals surface area (Å²) in [5.41, 5.74) is 0.0858. The molecule has 1 aromatic heterocycles. The zero-order valence-electron chi connectivity index (χ0n) is 25.6. The smallest absolute Gasteiger partial charge is 0.450 e. The normalized spacial score (nSPS) is 21.3. The summed E-state index contributed by atoms with van der Waals surface area (Å²) in [6.07, 6.45) is -0.376. The maximum Gasteiger partial charge on any atom is 0.506 e. The molecule has 2 aromatic rings. The summed E-state index contributed by atoms with van der Waals surface area (Å²) >= 11 is 0. The molecule has 1 aliphatic carbocycles. The highest BCUT2D eigenvalue weighted by molar-refractivity contribution is 5.97. The first-order valence-corrected chi connectivity index (χ1v) is 15.4. The van der Waals surface area contributed by atoms with Gasteiger partial charge in [0.25, 0.3) is 5.91 Å². The summed E-state index contributed by atoms with van der Waals surface area (Å²) in [4.78, 5) is 64.6. The van der Waals surface area contributed by atoms with E-state index in [-0.39, 0.29) is 46.8 Å². The molecule has 4 atom stereocenters. The number of nitrogens with zero attached hydrogens (tertiary/aromatic N) is 5. The van der Waals surface area contributed by atoms with E-state index in [0.29, 0.717) is 51.7 Å².